The van der Waals surface area contributed by atoms with Crippen molar-refractivity contribution in [2.45, 2.75) is 39.2 Å². The summed E-state index contributed by atoms with van der Waals surface area (Å²) in [6.07, 6.45) is -5.92. The second-order valence-electron chi connectivity index (χ2n) is 6.48. The van der Waals surface area contributed by atoms with E-state index in [4.69, 9.17) is 0 Å². The summed E-state index contributed by atoms with van der Waals surface area (Å²) in [4.78, 5) is 0. The third kappa shape index (κ3) is 5.25. The lowest BCUT2D eigenvalue weighted by atomic mass is 10.0. The van der Waals surface area contributed by atoms with E-state index in [9.17, 15) is 23.4 Å². The Hall–Kier alpha value is -1.50. The van der Waals surface area contributed by atoms with E-state index < -0.39 is 23.9 Å². The van der Waals surface area contributed by atoms with Gasteiger partial charge in [-0.05, 0) is 54.7 Å². The number of hydrogen-bond acceptors (Lipinski definition) is 3. The van der Waals surface area contributed by atoms with Crippen LogP contribution in [-0.2, 0) is 6.18 Å². The highest BCUT2D eigenvalue weighted by Crippen LogP contribution is 2.33. The van der Waals surface area contributed by atoms with Crippen molar-refractivity contribution in [3.05, 3.63) is 69.8 Å². The predicted octanol–water partition coefficient (Wildman–Crippen LogP) is 5.13. The van der Waals surface area contributed by atoms with Gasteiger partial charge in [0.25, 0.3) is 0 Å². The van der Waals surface area contributed by atoms with Crippen LogP contribution in [0.3, 0.4) is 0 Å². The fraction of sp³-hybridized carbons (Fsp3) is 0.400. The van der Waals surface area contributed by atoms with Crippen LogP contribution in [0.1, 0.15) is 45.6 Å². The highest BCUT2D eigenvalue weighted by Gasteiger charge is 2.32. The number of alkyl halides is 3. The average molecular weight is 384 g/mol. The molecule has 2 nitrogen and oxygen atoms in total. The van der Waals surface area contributed by atoms with Gasteiger partial charge in [0.2, 0.25) is 0 Å². The number of rotatable bonds is 6. The number of aryl methyl sites for hydroxylation is 3. The molecule has 0 amide bonds. The Labute approximate surface area is 156 Å². The van der Waals surface area contributed by atoms with Gasteiger partial charge in [-0.25, -0.2) is 0 Å². The fourth-order valence-corrected chi connectivity index (χ4v) is 3.64. The molecular weight excluding hydrogens is 361 g/mol. The zero-order valence-electron chi connectivity index (χ0n) is 15.0. The second kappa shape index (κ2) is 8.46. The highest BCUT2D eigenvalue weighted by atomic mass is 32.2. The van der Waals surface area contributed by atoms with Crippen molar-refractivity contribution < 1.29 is 23.4 Å². The van der Waals surface area contributed by atoms with Crippen molar-refractivity contribution in [1.29, 1.82) is 0 Å². The molecule has 2 unspecified atom stereocenters. The Morgan fingerprint density at radius 2 is 1.31 bits per heavy atom. The molecule has 0 heterocycles. The summed E-state index contributed by atoms with van der Waals surface area (Å²) in [6, 6.07) is 9.45. The standard InChI is InChI=1S/C20H23F3O2S/c1-12-4-5-15(8-13(12)2)18(24)10-26-11-19(25)16-6-7-17(14(3)9-16)20(21,22)23/h4-9,18-19,24-25H,10-11H2,1-3H3. The zero-order valence-corrected chi connectivity index (χ0v) is 15.8. The maximum atomic E-state index is 12.8. The average Bonchev–Trinajstić information content (AvgIpc) is 2.55. The Morgan fingerprint density at radius 3 is 1.77 bits per heavy atom. The Kier molecular flexibility index (Phi) is 6.77. The van der Waals surface area contributed by atoms with Crippen LogP contribution in [-0.4, -0.2) is 21.7 Å². The summed E-state index contributed by atoms with van der Waals surface area (Å²) in [7, 11) is 0. The molecule has 2 N–H and O–H groups in total. The number of aliphatic hydroxyl groups is 2. The van der Waals surface area contributed by atoms with Crippen molar-refractivity contribution >= 4 is 11.8 Å². The van der Waals surface area contributed by atoms with Gasteiger partial charge in [0.05, 0.1) is 17.8 Å². The summed E-state index contributed by atoms with van der Waals surface area (Å²) in [5.41, 5.74) is 2.93. The molecule has 0 aliphatic carbocycles. The number of halogens is 3. The molecule has 0 fully saturated rings. The molecule has 0 aliphatic heterocycles. The first kappa shape index (κ1) is 20.8. The van der Waals surface area contributed by atoms with Gasteiger partial charge in [-0.15, -0.1) is 0 Å². The molecule has 0 saturated heterocycles. The normalized spacial score (nSPS) is 14.3. The topological polar surface area (TPSA) is 40.5 Å². The first-order valence-corrected chi connectivity index (χ1v) is 9.44. The molecule has 142 valence electrons. The third-order valence-electron chi connectivity index (χ3n) is 4.41. The minimum Gasteiger partial charge on any atom is -0.388 e. The largest absolute Gasteiger partial charge is 0.416 e. The van der Waals surface area contributed by atoms with Gasteiger partial charge < -0.3 is 10.2 Å². The first-order chi connectivity index (χ1) is 12.1. The van der Waals surface area contributed by atoms with Crippen LogP contribution in [0.15, 0.2) is 36.4 Å². The zero-order chi connectivity index (χ0) is 19.5. The van der Waals surface area contributed by atoms with Crippen molar-refractivity contribution in [2.24, 2.45) is 0 Å². The van der Waals surface area contributed by atoms with E-state index >= 15 is 0 Å². The van der Waals surface area contributed by atoms with Crippen LogP contribution in [0.5, 0.6) is 0 Å². The summed E-state index contributed by atoms with van der Waals surface area (Å²) in [5, 5.41) is 20.5. The molecule has 0 aromatic heterocycles. The lowest BCUT2D eigenvalue weighted by Gasteiger charge is -2.16. The van der Waals surface area contributed by atoms with Gasteiger partial charge in [-0.3, -0.25) is 0 Å². The van der Waals surface area contributed by atoms with E-state index in [1.54, 1.807) is 0 Å². The third-order valence-corrected chi connectivity index (χ3v) is 5.51. The SMILES string of the molecule is Cc1ccc(C(O)CSCC(O)c2ccc(C(F)(F)F)c(C)c2)cc1C. The summed E-state index contributed by atoms with van der Waals surface area (Å²) >= 11 is 1.36. The summed E-state index contributed by atoms with van der Waals surface area (Å²) in [6.45, 7) is 5.37. The van der Waals surface area contributed by atoms with Crippen LogP contribution in [0, 0.1) is 20.8 Å². The first-order valence-electron chi connectivity index (χ1n) is 8.28. The van der Waals surface area contributed by atoms with Crippen molar-refractivity contribution in [2.75, 3.05) is 11.5 Å². The molecule has 0 spiro atoms. The molecule has 0 saturated carbocycles. The van der Waals surface area contributed by atoms with Crippen LogP contribution < -0.4 is 0 Å². The number of benzene rings is 2. The van der Waals surface area contributed by atoms with E-state index in [1.165, 1.54) is 30.8 Å². The quantitative estimate of drug-likeness (QED) is 0.725. The van der Waals surface area contributed by atoms with E-state index in [-0.39, 0.29) is 5.56 Å². The smallest absolute Gasteiger partial charge is 0.388 e. The molecule has 2 aromatic rings. The van der Waals surface area contributed by atoms with Crippen LogP contribution in [0.2, 0.25) is 0 Å². The Balaban J connectivity index is 1.93. The Morgan fingerprint density at radius 1 is 0.808 bits per heavy atom. The summed E-state index contributed by atoms with van der Waals surface area (Å²) in [5.74, 6) is 0.700. The minimum atomic E-state index is -4.39. The Bertz CT molecular complexity index is 759. The molecule has 0 radical (unpaired) electrons. The fourth-order valence-electron chi connectivity index (χ4n) is 2.67. The molecule has 26 heavy (non-hydrogen) atoms. The molecule has 0 bridgehead atoms. The lowest BCUT2D eigenvalue weighted by Crippen LogP contribution is -2.10. The number of thioether (sulfide) groups is 1. The van der Waals surface area contributed by atoms with Gasteiger partial charge in [0, 0.05) is 11.5 Å². The van der Waals surface area contributed by atoms with Crippen LogP contribution >= 0.6 is 11.8 Å². The second-order valence-corrected chi connectivity index (χ2v) is 7.56. The van der Waals surface area contributed by atoms with Crippen LogP contribution in [0.25, 0.3) is 0 Å². The summed E-state index contributed by atoms with van der Waals surface area (Å²) < 4.78 is 38.4. The van der Waals surface area contributed by atoms with E-state index in [1.807, 2.05) is 32.0 Å². The van der Waals surface area contributed by atoms with E-state index in [0.29, 0.717) is 17.1 Å². The van der Waals surface area contributed by atoms with Gasteiger partial charge >= 0.3 is 6.18 Å². The maximum absolute atomic E-state index is 12.8. The van der Waals surface area contributed by atoms with E-state index in [0.717, 1.165) is 22.8 Å². The van der Waals surface area contributed by atoms with E-state index in [2.05, 4.69) is 0 Å². The molecule has 6 heteroatoms. The van der Waals surface area contributed by atoms with Gasteiger partial charge in [-0.1, -0.05) is 30.3 Å². The minimum absolute atomic E-state index is 0.0919. The van der Waals surface area contributed by atoms with Gasteiger partial charge in [0.15, 0.2) is 0 Å². The molecular formula is C20H23F3O2S. The van der Waals surface area contributed by atoms with Crippen LogP contribution in [0.4, 0.5) is 13.2 Å². The van der Waals surface area contributed by atoms with Gasteiger partial charge in [0.1, 0.15) is 0 Å². The number of hydrogen-bond donors (Lipinski definition) is 2. The van der Waals surface area contributed by atoms with Gasteiger partial charge in [-0.2, -0.15) is 24.9 Å². The highest BCUT2D eigenvalue weighted by molar-refractivity contribution is 7.99. The number of aliphatic hydroxyl groups excluding tert-OH is 2. The van der Waals surface area contributed by atoms with Crippen molar-refractivity contribution in [3.63, 3.8) is 0 Å². The lowest BCUT2D eigenvalue weighted by molar-refractivity contribution is -0.138. The molecule has 2 atom stereocenters. The molecule has 2 aromatic carbocycles. The molecule has 2 rings (SSSR count). The van der Waals surface area contributed by atoms with Crippen molar-refractivity contribution in [3.8, 4) is 0 Å². The maximum Gasteiger partial charge on any atom is 0.416 e. The monoisotopic (exact) mass is 384 g/mol. The predicted molar refractivity (Wildman–Crippen MR) is 99.3 cm³/mol. The van der Waals surface area contributed by atoms with Crippen molar-refractivity contribution in [1.82, 2.24) is 0 Å². The molecule has 0 aliphatic rings.